The maximum Gasteiger partial charge on any atom is 0.140 e. The van der Waals surface area contributed by atoms with Crippen LogP contribution in [0.1, 0.15) is 50.2 Å². The molecule has 0 atom stereocenters. The molecule has 1 aromatic rings. The van der Waals surface area contributed by atoms with Gasteiger partial charge in [0.05, 0.1) is 5.41 Å². The smallest absolute Gasteiger partial charge is 0.140 e. The zero-order valence-electron chi connectivity index (χ0n) is 10.3. The van der Waals surface area contributed by atoms with Crippen LogP contribution >= 0.6 is 0 Å². The first kappa shape index (κ1) is 11.4. The minimum atomic E-state index is -0.176. The Hall–Kier alpha value is -1.11. The second kappa shape index (κ2) is 4.40. The van der Waals surface area contributed by atoms with Crippen LogP contribution in [0, 0.1) is 6.92 Å². The molecule has 0 heterocycles. The summed E-state index contributed by atoms with van der Waals surface area (Å²) in [6.07, 6.45) is 5.72. The fourth-order valence-electron chi connectivity index (χ4n) is 2.94. The van der Waals surface area contributed by atoms with Crippen LogP contribution in [-0.4, -0.2) is 5.78 Å². The van der Waals surface area contributed by atoms with Gasteiger partial charge in [0.15, 0.2) is 0 Å². The van der Waals surface area contributed by atoms with E-state index >= 15 is 0 Å². The second-order valence-corrected chi connectivity index (χ2v) is 5.07. The van der Waals surface area contributed by atoms with E-state index in [0.29, 0.717) is 5.78 Å². The molecular formula is C15H20O. The van der Waals surface area contributed by atoms with Crippen molar-refractivity contribution in [3.8, 4) is 0 Å². The Morgan fingerprint density at radius 2 is 1.88 bits per heavy atom. The third-order valence-electron chi connectivity index (χ3n) is 3.95. The molecule has 86 valence electrons. The van der Waals surface area contributed by atoms with Crippen molar-refractivity contribution in [1.82, 2.24) is 0 Å². The van der Waals surface area contributed by atoms with Crippen LogP contribution in [0.3, 0.4) is 0 Å². The van der Waals surface area contributed by atoms with Crippen LogP contribution in [0.5, 0.6) is 0 Å². The van der Waals surface area contributed by atoms with Gasteiger partial charge in [-0.1, -0.05) is 49.1 Å². The molecule has 0 amide bonds. The molecule has 1 nitrogen and oxygen atoms in total. The largest absolute Gasteiger partial charge is 0.299 e. The number of Topliss-reactive ketones (excluding diaryl/α,β-unsaturated/α-hetero) is 1. The number of aryl methyl sites for hydroxylation is 1. The van der Waals surface area contributed by atoms with E-state index in [9.17, 15) is 4.79 Å². The molecule has 0 saturated heterocycles. The highest BCUT2D eigenvalue weighted by Crippen LogP contribution is 2.40. The number of carbonyl (C=O) groups is 1. The van der Waals surface area contributed by atoms with Crippen LogP contribution in [0.15, 0.2) is 24.3 Å². The fraction of sp³-hybridized carbons (Fsp3) is 0.533. The van der Waals surface area contributed by atoms with Gasteiger partial charge in [0.25, 0.3) is 0 Å². The second-order valence-electron chi connectivity index (χ2n) is 5.07. The average molecular weight is 216 g/mol. The van der Waals surface area contributed by atoms with Crippen LogP contribution in [0.4, 0.5) is 0 Å². The van der Waals surface area contributed by atoms with Gasteiger partial charge in [-0.15, -0.1) is 0 Å². The first-order valence-electron chi connectivity index (χ1n) is 6.23. The topological polar surface area (TPSA) is 17.1 Å². The van der Waals surface area contributed by atoms with Gasteiger partial charge in [-0.05, 0) is 32.3 Å². The molecule has 0 radical (unpaired) electrons. The zero-order valence-corrected chi connectivity index (χ0v) is 10.3. The van der Waals surface area contributed by atoms with Crippen molar-refractivity contribution < 1.29 is 4.79 Å². The fourth-order valence-corrected chi connectivity index (χ4v) is 2.94. The molecule has 1 aliphatic rings. The van der Waals surface area contributed by atoms with Crippen LogP contribution in [0.2, 0.25) is 0 Å². The van der Waals surface area contributed by atoms with Gasteiger partial charge >= 0.3 is 0 Å². The number of hydrogen-bond acceptors (Lipinski definition) is 1. The van der Waals surface area contributed by atoms with Gasteiger partial charge in [-0.3, -0.25) is 4.79 Å². The molecule has 0 spiro atoms. The Balaban J connectivity index is 2.42. The predicted molar refractivity (Wildman–Crippen MR) is 66.6 cm³/mol. The van der Waals surface area contributed by atoms with E-state index in [4.69, 9.17) is 0 Å². The molecule has 2 rings (SSSR count). The maximum absolute atomic E-state index is 12.0. The standard InChI is InChI=1S/C15H20O/c1-12-7-6-8-14(11-12)15(13(2)16)9-4-3-5-10-15/h6-8,11H,3-5,9-10H2,1-2H3. The van der Waals surface area contributed by atoms with Crippen LogP contribution in [0.25, 0.3) is 0 Å². The highest BCUT2D eigenvalue weighted by molar-refractivity contribution is 5.88. The lowest BCUT2D eigenvalue weighted by Gasteiger charge is -2.35. The maximum atomic E-state index is 12.0. The van der Waals surface area contributed by atoms with Crippen LogP contribution < -0.4 is 0 Å². The summed E-state index contributed by atoms with van der Waals surface area (Å²) in [7, 11) is 0. The lowest BCUT2D eigenvalue weighted by Crippen LogP contribution is -2.36. The Morgan fingerprint density at radius 1 is 1.19 bits per heavy atom. The molecule has 0 unspecified atom stereocenters. The molecule has 1 aromatic carbocycles. The number of rotatable bonds is 2. The van der Waals surface area contributed by atoms with Crippen molar-refractivity contribution in [2.75, 3.05) is 0 Å². The summed E-state index contributed by atoms with van der Waals surface area (Å²) in [5, 5.41) is 0. The molecule has 1 fully saturated rings. The quantitative estimate of drug-likeness (QED) is 0.735. The lowest BCUT2D eigenvalue weighted by atomic mass is 9.67. The molecule has 0 N–H and O–H groups in total. The van der Waals surface area contributed by atoms with Gasteiger partial charge < -0.3 is 0 Å². The molecule has 0 aromatic heterocycles. The monoisotopic (exact) mass is 216 g/mol. The number of benzene rings is 1. The van der Waals surface area contributed by atoms with E-state index in [-0.39, 0.29) is 5.41 Å². The SMILES string of the molecule is CC(=O)C1(c2cccc(C)c2)CCCCC1. The number of hydrogen-bond donors (Lipinski definition) is 0. The van der Waals surface area contributed by atoms with Gasteiger partial charge in [0.1, 0.15) is 5.78 Å². The third kappa shape index (κ3) is 1.91. The van der Waals surface area contributed by atoms with Crippen molar-refractivity contribution in [1.29, 1.82) is 0 Å². The Bertz CT molecular complexity index is 386. The minimum absolute atomic E-state index is 0.176. The summed E-state index contributed by atoms with van der Waals surface area (Å²) >= 11 is 0. The average Bonchev–Trinajstić information content (AvgIpc) is 2.30. The van der Waals surface area contributed by atoms with Gasteiger partial charge in [0, 0.05) is 0 Å². The Kier molecular flexibility index (Phi) is 3.13. The zero-order chi connectivity index (χ0) is 11.6. The molecular weight excluding hydrogens is 196 g/mol. The van der Waals surface area contributed by atoms with E-state index in [1.165, 1.54) is 30.4 Å². The van der Waals surface area contributed by atoms with Gasteiger partial charge in [-0.25, -0.2) is 0 Å². The van der Waals surface area contributed by atoms with Crippen LogP contribution in [-0.2, 0) is 10.2 Å². The lowest BCUT2D eigenvalue weighted by molar-refractivity contribution is -0.123. The van der Waals surface area contributed by atoms with E-state index in [2.05, 4.69) is 31.2 Å². The van der Waals surface area contributed by atoms with E-state index in [1.54, 1.807) is 6.92 Å². The molecule has 1 heteroatoms. The van der Waals surface area contributed by atoms with E-state index in [0.717, 1.165) is 12.8 Å². The van der Waals surface area contributed by atoms with Gasteiger partial charge in [-0.2, -0.15) is 0 Å². The summed E-state index contributed by atoms with van der Waals surface area (Å²) in [6, 6.07) is 8.48. The molecule has 0 bridgehead atoms. The van der Waals surface area contributed by atoms with Crippen molar-refractivity contribution in [2.24, 2.45) is 0 Å². The highest BCUT2D eigenvalue weighted by atomic mass is 16.1. The Labute approximate surface area is 97.9 Å². The molecule has 0 aliphatic heterocycles. The third-order valence-corrected chi connectivity index (χ3v) is 3.95. The van der Waals surface area contributed by atoms with Crippen molar-refractivity contribution in [3.05, 3.63) is 35.4 Å². The Morgan fingerprint density at radius 3 is 2.44 bits per heavy atom. The molecule has 1 saturated carbocycles. The summed E-state index contributed by atoms with van der Waals surface area (Å²) < 4.78 is 0. The van der Waals surface area contributed by atoms with Crippen molar-refractivity contribution in [3.63, 3.8) is 0 Å². The molecule has 16 heavy (non-hydrogen) atoms. The summed E-state index contributed by atoms with van der Waals surface area (Å²) in [4.78, 5) is 12.0. The first-order valence-corrected chi connectivity index (χ1v) is 6.23. The molecule has 1 aliphatic carbocycles. The summed E-state index contributed by atoms with van der Waals surface area (Å²) in [5.74, 6) is 0.345. The van der Waals surface area contributed by atoms with Crippen molar-refractivity contribution >= 4 is 5.78 Å². The number of carbonyl (C=O) groups excluding carboxylic acids is 1. The summed E-state index contributed by atoms with van der Waals surface area (Å²) in [5.41, 5.74) is 2.31. The normalized spacial score (nSPS) is 19.4. The first-order chi connectivity index (χ1) is 7.65. The number of ketones is 1. The predicted octanol–water partition coefficient (Wildman–Crippen LogP) is 3.79. The van der Waals surface area contributed by atoms with E-state index < -0.39 is 0 Å². The summed E-state index contributed by atoms with van der Waals surface area (Å²) in [6.45, 7) is 3.85. The van der Waals surface area contributed by atoms with E-state index in [1.807, 2.05) is 0 Å². The van der Waals surface area contributed by atoms with Gasteiger partial charge in [0.2, 0.25) is 0 Å². The minimum Gasteiger partial charge on any atom is -0.299 e. The van der Waals surface area contributed by atoms with Crippen molar-refractivity contribution in [2.45, 2.75) is 51.4 Å². The highest BCUT2D eigenvalue weighted by Gasteiger charge is 2.38.